The van der Waals surface area contributed by atoms with Crippen molar-refractivity contribution in [3.63, 3.8) is 0 Å². The number of fused-ring (bicyclic) bond motifs is 1. The Morgan fingerprint density at radius 1 is 1.19 bits per heavy atom. The van der Waals surface area contributed by atoms with Gasteiger partial charge in [-0.15, -0.1) is 0 Å². The molecule has 0 fully saturated rings. The molecule has 2 aromatic heterocycles. The highest BCUT2D eigenvalue weighted by Gasteiger charge is 2.27. The van der Waals surface area contributed by atoms with Crippen molar-refractivity contribution in [3.05, 3.63) is 53.6 Å². The molecule has 0 saturated heterocycles. The number of hydrogen-bond acceptors (Lipinski definition) is 7. The Hall–Kier alpha value is -4.21. The standard InChI is InChI=1S/C21H17FN4O5/c1-10-24-19(26(2)25-10)14-9-16-13(8-15(14)29-3)17(20(27)31-21(23)28)18(30-16)11-4-6-12(22)7-5-11/h4-9H,1-3H3,(H2,23,28). The number of methoxy groups -OCH3 is 1. The molecule has 2 N–H and O–H groups in total. The molecule has 0 saturated carbocycles. The van der Waals surface area contributed by atoms with Gasteiger partial charge in [0.25, 0.3) is 0 Å². The van der Waals surface area contributed by atoms with E-state index in [1.807, 2.05) is 0 Å². The molecule has 31 heavy (non-hydrogen) atoms. The Kier molecular flexibility index (Phi) is 4.90. The van der Waals surface area contributed by atoms with Gasteiger partial charge < -0.3 is 19.6 Å². The molecule has 0 aliphatic rings. The molecule has 4 aromatic rings. The fraction of sp³-hybridized carbons (Fsp3) is 0.143. The first kappa shape index (κ1) is 20.1. The number of aromatic nitrogens is 3. The molecule has 158 valence electrons. The van der Waals surface area contributed by atoms with Gasteiger partial charge in [-0.05, 0) is 43.3 Å². The van der Waals surface area contributed by atoms with E-state index < -0.39 is 17.9 Å². The minimum absolute atomic E-state index is 0.0422. The van der Waals surface area contributed by atoms with Crippen molar-refractivity contribution in [1.29, 1.82) is 0 Å². The van der Waals surface area contributed by atoms with E-state index in [-0.39, 0.29) is 11.3 Å². The molecule has 0 spiro atoms. The van der Waals surface area contributed by atoms with E-state index in [1.165, 1.54) is 31.4 Å². The Bertz CT molecular complexity index is 1320. The van der Waals surface area contributed by atoms with Crippen LogP contribution < -0.4 is 10.5 Å². The van der Waals surface area contributed by atoms with Crippen LogP contribution in [0.1, 0.15) is 16.2 Å². The summed E-state index contributed by atoms with van der Waals surface area (Å²) in [4.78, 5) is 28.3. The second-order valence-corrected chi connectivity index (χ2v) is 6.68. The van der Waals surface area contributed by atoms with Crippen LogP contribution in [0.5, 0.6) is 5.75 Å². The van der Waals surface area contributed by atoms with Crippen molar-refractivity contribution in [2.24, 2.45) is 12.8 Å². The number of rotatable bonds is 4. The number of nitrogens with two attached hydrogens (primary N) is 1. The van der Waals surface area contributed by atoms with Crippen LogP contribution in [0.4, 0.5) is 9.18 Å². The first-order chi connectivity index (χ1) is 14.8. The van der Waals surface area contributed by atoms with Crippen LogP contribution in [0.3, 0.4) is 0 Å². The molecule has 0 unspecified atom stereocenters. The molecule has 4 rings (SSSR count). The molecule has 10 heteroatoms. The summed E-state index contributed by atoms with van der Waals surface area (Å²) in [5.74, 6) is 0.115. The van der Waals surface area contributed by atoms with Crippen molar-refractivity contribution >= 4 is 23.0 Å². The predicted octanol–water partition coefficient (Wildman–Crippen LogP) is 3.59. The van der Waals surface area contributed by atoms with Crippen LogP contribution in [0.15, 0.2) is 40.8 Å². The monoisotopic (exact) mass is 424 g/mol. The molecule has 2 aromatic carbocycles. The number of hydrogen-bond donors (Lipinski definition) is 1. The molecule has 0 bridgehead atoms. The molecule has 1 amide bonds. The largest absolute Gasteiger partial charge is 0.496 e. The highest BCUT2D eigenvalue weighted by atomic mass is 19.1. The molecule has 2 heterocycles. The molecule has 0 aliphatic carbocycles. The van der Waals surface area contributed by atoms with E-state index >= 15 is 0 Å². The van der Waals surface area contributed by atoms with E-state index in [0.29, 0.717) is 39.5 Å². The average Bonchev–Trinajstić information content (AvgIpc) is 3.25. The lowest BCUT2D eigenvalue weighted by Crippen LogP contribution is -2.18. The predicted molar refractivity (Wildman–Crippen MR) is 108 cm³/mol. The van der Waals surface area contributed by atoms with Gasteiger partial charge in [-0.2, -0.15) is 5.10 Å². The third-order valence-electron chi connectivity index (χ3n) is 4.62. The van der Waals surface area contributed by atoms with Crippen LogP contribution in [0, 0.1) is 12.7 Å². The number of ether oxygens (including phenoxy) is 2. The fourth-order valence-electron chi connectivity index (χ4n) is 3.36. The quantitative estimate of drug-likeness (QED) is 0.392. The van der Waals surface area contributed by atoms with Gasteiger partial charge in [0, 0.05) is 18.0 Å². The van der Waals surface area contributed by atoms with Crippen LogP contribution >= 0.6 is 0 Å². The van der Waals surface area contributed by atoms with E-state index in [1.54, 1.807) is 30.8 Å². The van der Waals surface area contributed by atoms with Crippen LogP contribution in [-0.2, 0) is 11.8 Å². The van der Waals surface area contributed by atoms with Crippen molar-refractivity contribution in [1.82, 2.24) is 14.8 Å². The van der Waals surface area contributed by atoms with Crippen molar-refractivity contribution < 1.29 is 27.9 Å². The van der Waals surface area contributed by atoms with Crippen molar-refractivity contribution in [2.75, 3.05) is 7.11 Å². The third-order valence-corrected chi connectivity index (χ3v) is 4.62. The molecule has 0 aliphatic heterocycles. The maximum absolute atomic E-state index is 13.4. The zero-order chi connectivity index (χ0) is 22.3. The lowest BCUT2D eigenvalue weighted by molar-refractivity contribution is 0.0640. The third kappa shape index (κ3) is 3.59. The number of carbonyl (C=O) groups is 2. The smallest absolute Gasteiger partial charge is 0.412 e. The maximum Gasteiger partial charge on any atom is 0.412 e. The fourth-order valence-corrected chi connectivity index (χ4v) is 3.36. The summed E-state index contributed by atoms with van der Waals surface area (Å²) >= 11 is 0. The van der Waals surface area contributed by atoms with Gasteiger partial charge in [-0.3, -0.25) is 0 Å². The van der Waals surface area contributed by atoms with Gasteiger partial charge in [0.1, 0.15) is 34.3 Å². The molecule has 0 atom stereocenters. The SMILES string of the molecule is COc1cc2c(C(=O)OC(N)=O)c(-c3ccc(F)cc3)oc2cc1-c1nc(C)nn1C. The van der Waals surface area contributed by atoms with Crippen molar-refractivity contribution in [2.45, 2.75) is 6.92 Å². The Morgan fingerprint density at radius 2 is 1.90 bits per heavy atom. The van der Waals surface area contributed by atoms with Gasteiger partial charge in [0.2, 0.25) is 0 Å². The number of benzene rings is 2. The second-order valence-electron chi connectivity index (χ2n) is 6.68. The van der Waals surface area contributed by atoms with Gasteiger partial charge in [-0.1, -0.05) is 0 Å². The maximum atomic E-state index is 13.4. The Labute approximate surface area is 175 Å². The van der Waals surface area contributed by atoms with E-state index in [0.717, 1.165) is 0 Å². The molecular formula is C21H17FN4O5. The second kappa shape index (κ2) is 7.56. The van der Waals surface area contributed by atoms with Gasteiger partial charge in [0.05, 0.1) is 12.7 Å². The summed E-state index contributed by atoms with van der Waals surface area (Å²) < 4.78 is 31.0. The van der Waals surface area contributed by atoms with Crippen LogP contribution in [0.2, 0.25) is 0 Å². The number of furan rings is 1. The molecule has 9 nitrogen and oxygen atoms in total. The number of esters is 1. The highest BCUT2D eigenvalue weighted by Crippen LogP contribution is 2.40. The van der Waals surface area contributed by atoms with Crippen LogP contribution in [0.25, 0.3) is 33.7 Å². The summed E-state index contributed by atoms with van der Waals surface area (Å²) in [6, 6.07) is 8.55. The Morgan fingerprint density at radius 3 is 2.48 bits per heavy atom. The number of nitrogens with zero attached hydrogens (tertiary/aromatic N) is 3. The Balaban J connectivity index is 2.00. The lowest BCUT2D eigenvalue weighted by atomic mass is 10.0. The number of aryl methyl sites for hydroxylation is 2. The highest BCUT2D eigenvalue weighted by molar-refractivity contribution is 6.12. The number of amides is 1. The van der Waals surface area contributed by atoms with Gasteiger partial charge in [-0.25, -0.2) is 23.6 Å². The summed E-state index contributed by atoms with van der Waals surface area (Å²) in [7, 11) is 3.21. The normalized spacial score (nSPS) is 11.0. The first-order valence-corrected chi connectivity index (χ1v) is 9.08. The number of carbonyl (C=O) groups excluding carboxylic acids is 2. The van der Waals surface area contributed by atoms with E-state index in [9.17, 15) is 14.0 Å². The zero-order valence-electron chi connectivity index (χ0n) is 16.8. The average molecular weight is 424 g/mol. The topological polar surface area (TPSA) is 122 Å². The zero-order valence-corrected chi connectivity index (χ0v) is 16.8. The van der Waals surface area contributed by atoms with Gasteiger partial charge in [0.15, 0.2) is 5.82 Å². The summed E-state index contributed by atoms with van der Waals surface area (Å²) in [5.41, 5.74) is 6.26. The summed E-state index contributed by atoms with van der Waals surface area (Å²) in [5, 5.41) is 4.56. The van der Waals surface area contributed by atoms with Gasteiger partial charge >= 0.3 is 12.1 Å². The first-order valence-electron chi connectivity index (χ1n) is 9.08. The van der Waals surface area contributed by atoms with Crippen molar-refractivity contribution in [3.8, 4) is 28.5 Å². The van der Waals surface area contributed by atoms with E-state index in [4.69, 9.17) is 14.9 Å². The van der Waals surface area contributed by atoms with Crippen LogP contribution in [-0.4, -0.2) is 33.9 Å². The van der Waals surface area contributed by atoms with E-state index in [2.05, 4.69) is 14.8 Å². The number of halogens is 1. The molecular weight excluding hydrogens is 407 g/mol. The minimum Gasteiger partial charge on any atom is -0.496 e. The summed E-state index contributed by atoms with van der Waals surface area (Å²) in [6.07, 6.45) is -1.26. The number of primary amides is 1. The molecule has 0 radical (unpaired) electrons. The summed E-state index contributed by atoms with van der Waals surface area (Å²) in [6.45, 7) is 1.76. The lowest BCUT2D eigenvalue weighted by Gasteiger charge is -2.08. The minimum atomic E-state index is -1.26.